The van der Waals surface area contributed by atoms with E-state index in [1.807, 2.05) is 28.8 Å². The number of pyridine rings is 1. The molecular weight excluding hydrogens is 282 g/mol. The molecule has 0 amide bonds. The third-order valence-corrected chi connectivity index (χ3v) is 4.48. The Labute approximate surface area is 130 Å². The molecule has 2 aromatic heterocycles. The van der Waals surface area contributed by atoms with Crippen molar-refractivity contribution in [2.24, 2.45) is 5.92 Å². The lowest BCUT2D eigenvalue weighted by Gasteiger charge is -2.30. The second-order valence-corrected chi connectivity index (χ2v) is 6.15. The third kappa shape index (κ3) is 3.32. The Balaban J connectivity index is 1.56. The van der Waals surface area contributed by atoms with Crippen molar-refractivity contribution >= 4 is 23.0 Å². The van der Waals surface area contributed by atoms with Gasteiger partial charge in [-0.2, -0.15) is 0 Å². The minimum atomic E-state index is 0.494. The summed E-state index contributed by atoms with van der Waals surface area (Å²) in [4.78, 5) is 0. The Morgan fingerprint density at radius 2 is 2.19 bits per heavy atom. The van der Waals surface area contributed by atoms with Crippen molar-refractivity contribution < 1.29 is 0 Å². The molecule has 1 aliphatic carbocycles. The average Bonchev–Trinajstić information content (AvgIpc) is 2.91. The highest BCUT2D eigenvalue weighted by Crippen LogP contribution is 2.23. The van der Waals surface area contributed by atoms with Gasteiger partial charge in [0.2, 0.25) is 0 Å². The molecule has 21 heavy (non-hydrogen) atoms. The lowest BCUT2D eigenvalue weighted by Crippen LogP contribution is -2.45. The molecule has 5 nitrogen and oxygen atoms in total. The fourth-order valence-corrected chi connectivity index (χ4v) is 3.14. The standard InChI is InChI=1S/C15H21N5S/c1-11-6-2-3-7-12(11)17-15(21)16-10-14-19-18-13-8-4-5-9-20(13)14/h4-5,8-9,11-12H,2-3,6-7,10H2,1H3,(H2,16,17,21)/t11-,12-/m1/s1. The largest absolute Gasteiger partial charge is 0.360 e. The summed E-state index contributed by atoms with van der Waals surface area (Å²) >= 11 is 5.40. The van der Waals surface area contributed by atoms with Crippen molar-refractivity contribution in [3.63, 3.8) is 0 Å². The second kappa shape index (κ2) is 6.39. The van der Waals surface area contributed by atoms with Crippen LogP contribution >= 0.6 is 12.2 Å². The van der Waals surface area contributed by atoms with E-state index in [0.717, 1.165) is 11.5 Å². The third-order valence-electron chi connectivity index (χ3n) is 4.22. The van der Waals surface area contributed by atoms with E-state index in [2.05, 4.69) is 27.8 Å². The number of nitrogens with zero attached hydrogens (tertiary/aromatic N) is 3. The van der Waals surface area contributed by atoms with Crippen LogP contribution in [-0.4, -0.2) is 25.8 Å². The number of hydrogen-bond acceptors (Lipinski definition) is 3. The molecule has 2 heterocycles. The zero-order valence-corrected chi connectivity index (χ0v) is 13.1. The molecule has 112 valence electrons. The maximum Gasteiger partial charge on any atom is 0.166 e. The molecule has 0 radical (unpaired) electrons. The van der Waals surface area contributed by atoms with Crippen molar-refractivity contribution in [2.45, 2.75) is 45.2 Å². The molecule has 0 aromatic carbocycles. The van der Waals surface area contributed by atoms with E-state index in [-0.39, 0.29) is 0 Å². The fourth-order valence-electron chi connectivity index (χ4n) is 2.92. The summed E-state index contributed by atoms with van der Waals surface area (Å²) in [5.41, 5.74) is 0.856. The van der Waals surface area contributed by atoms with E-state index in [9.17, 15) is 0 Å². The molecule has 1 aliphatic rings. The van der Waals surface area contributed by atoms with Gasteiger partial charge in [0, 0.05) is 12.2 Å². The van der Waals surface area contributed by atoms with Crippen LogP contribution in [0, 0.1) is 5.92 Å². The Bertz CT molecular complexity index is 623. The summed E-state index contributed by atoms with van der Waals surface area (Å²) in [6, 6.07) is 6.36. The molecule has 0 spiro atoms. The van der Waals surface area contributed by atoms with Crippen molar-refractivity contribution in [3.8, 4) is 0 Å². The van der Waals surface area contributed by atoms with Crippen molar-refractivity contribution in [2.75, 3.05) is 0 Å². The lowest BCUT2D eigenvalue weighted by molar-refractivity contribution is 0.308. The molecule has 6 heteroatoms. The van der Waals surface area contributed by atoms with E-state index in [4.69, 9.17) is 12.2 Å². The predicted octanol–water partition coefficient (Wildman–Crippen LogP) is 2.27. The van der Waals surface area contributed by atoms with Crippen LogP contribution in [-0.2, 0) is 6.54 Å². The molecule has 3 rings (SSSR count). The summed E-state index contributed by atoms with van der Waals surface area (Å²) in [6.45, 7) is 2.88. The van der Waals surface area contributed by atoms with Gasteiger partial charge in [-0.05, 0) is 43.1 Å². The molecule has 0 unspecified atom stereocenters. The first-order chi connectivity index (χ1) is 10.2. The van der Waals surface area contributed by atoms with Gasteiger partial charge >= 0.3 is 0 Å². The summed E-state index contributed by atoms with van der Waals surface area (Å²) in [5.74, 6) is 1.55. The summed E-state index contributed by atoms with van der Waals surface area (Å²) < 4.78 is 1.97. The number of thiocarbonyl (C=S) groups is 1. The van der Waals surface area contributed by atoms with E-state index < -0.39 is 0 Å². The Kier molecular flexibility index (Phi) is 4.34. The number of rotatable bonds is 3. The van der Waals surface area contributed by atoms with Crippen LogP contribution in [0.25, 0.3) is 5.65 Å². The average molecular weight is 303 g/mol. The predicted molar refractivity (Wildman–Crippen MR) is 87.0 cm³/mol. The molecule has 0 saturated heterocycles. The van der Waals surface area contributed by atoms with Gasteiger partial charge < -0.3 is 10.6 Å². The summed E-state index contributed by atoms with van der Waals surface area (Å²) in [7, 11) is 0. The van der Waals surface area contributed by atoms with Crippen LogP contribution in [0.15, 0.2) is 24.4 Å². The zero-order valence-electron chi connectivity index (χ0n) is 12.2. The van der Waals surface area contributed by atoms with Crippen molar-refractivity contribution in [1.82, 2.24) is 25.2 Å². The van der Waals surface area contributed by atoms with Gasteiger partial charge in [0.05, 0.1) is 6.54 Å². The number of aromatic nitrogens is 3. The highest BCUT2D eigenvalue weighted by molar-refractivity contribution is 7.80. The minimum absolute atomic E-state index is 0.494. The molecule has 0 aliphatic heterocycles. The Morgan fingerprint density at radius 1 is 1.33 bits per heavy atom. The molecule has 1 saturated carbocycles. The maximum absolute atomic E-state index is 5.40. The van der Waals surface area contributed by atoms with Crippen LogP contribution in [0.3, 0.4) is 0 Å². The number of hydrogen-bond donors (Lipinski definition) is 2. The highest BCUT2D eigenvalue weighted by atomic mass is 32.1. The van der Waals surface area contributed by atoms with Gasteiger partial charge in [0.1, 0.15) is 0 Å². The molecule has 2 atom stereocenters. The molecular formula is C15H21N5S. The first kappa shape index (κ1) is 14.3. The number of fused-ring (bicyclic) bond motifs is 1. The van der Waals surface area contributed by atoms with Gasteiger partial charge in [-0.15, -0.1) is 10.2 Å². The van der Waals surface area contributed by atoms with Gasteiger partial charge in [0.15, 0.2) is 16.6 Å². The lowest BCUT2D eigenvalue weighted by atomic mass is 9.86. The van der Waals surface area contributed by atoms with Crippen LogP contribution in [0.2, 0.25) is 0 Å². The quantitative estimate of drug-likeness (QED) is 0.852. The number of nitrogens with one attached hydrogen (secondary N) is 2. The normalized spacial score (nSPS) is 22.1. The van der Waals surface area contributed by atoms with Crippen molar-refractivity contribution in [1.29, 1.82) is 0 Å². The van der Waals surface area contributed by atoms with Crippen LogP contribution in [0.4, 0.5) is 0 Å². The Hall–Kier alpha value is -1.69. The summed E-state index contributed by atoms with van der Waals surface area (Å²) in [6.07, 6.45) is 7.09. The van der Waals surface area contributed by atoms with Gasteiger partial charge in [-0.3, -0.25) is 4.40 Å². The minimum Gasteiger partial charge on any atom is -0.360 e. The highest BCUT2D eigenvalue weighted by Gasteiger charge is 2.21. The van der Waals surface area contributed by atoms with Crippen LogP contribution in [0.5, 0.6) is 0 Å². The van der Waals surface area contributed by atoms with Gasteiger partial charge in [0.25, 0.3) is 0 Å². The Morgan fingerprint density at radius 3 is 3.05 bits per heavy atom. The SMILES string of the molecule is C[C@@H]1CCCC[C@H]1NC(=S)NCc1nnc2ccccn12. The molecule has 2 N–H and O–H groups in total. The maximum atomic E-state index is 5.40. The fraction of sp³-hybridized carbons (Fsp3) is 0.533. The summed E-state index contributed by atoms with van der Waals surface area (Å²) in [5, 5.41) is 15.7. The van der Waals surface area contributed by atoms with Crippen molar-refractivity contribution in [3.05, 3.63) is 30.2 Å². The van der Waals surface area contributed by atoms with Gasteiger partial charge in [-0.25, -0.2) is 0 Å². The first-order valence-corrected chi connectivity index (χ1v) is 7.98. The monoisotopic (exact) mass is 303 g/mol. The zero-order chi connectivity index (χ0) is 14.7. The molecule has 2 aromatic rings. The van der Waals surface area contributed by atoms with Gasteiger partial charge in [-0.1, -0.05) is 25.8 Å². The smallest absolute Gasteiger partial charge is 0.166 e. The molecule has 0 bridgehead atoms. The van der Waals surface area contributed by atoms with E-state index >= 15 is 0 Å². The van der Waals surface area contributed by atoms with Crippen LogP contribution < -0.4 is 10.6 Å². The second-order valence-electron chi connectivity index (χ2n) is 5.74. The topological polar surface area (TPSA) is 54.2 Å². The van der Waals surface area contributed by atoms with E-state index in [1.165, 1.54) is 25.7 Å². The van der Waals surface area contributed by atoms with E-state index in [1.54, 1.807) is 0 Å². The first-order valence-electron chi connectivity index (χ1n) is 7.57. The molecule has 1 fully saturated rings. The van der Waals surface area contributed by atoms with Crippen LogP contribution in [0.1, 0.15) is 38.4 Å². The van der Waals surface area contributed by atoms with E-state index in [0.29, 0.717) is 23.6 Å².